The summed E-state index contributed by atoms with van der Waals surface area (Å²) in [5.74, 6) is 0. The molecule has 0 unspecified atom stereocenters. The summed E-state index contributed by atoms with van der Waals surface area (Å²) in [7, 11) is 0. The van der Waals surface area contributed by atoms with Crippen LogP contribution in [-0.2, 0) is 4.79 Å². The van der Waals surface area contributed by atoms with Gasteiger partial charge >= 0.3 is 0 Å². The lowest BCUT2D eigenvalue weighted by Crippen LogP contribution is -1.85. The van der Waals surface area contributed by atoms with Crippen LogP contribution in [0.3, 0.4) is 0 Å². The third-order valence-electron chi connectivity index (χ3n) is 6.63. The zero-order valence-electron chi connectivity index (χ0n) is 21.0. The van der Waals surface area contributed by atoms with Gasteiger partial charge < -0.3 is 0 Å². The molecule has 0 fully saturated rings. The van der Waals surface area contributed by atoms with Crippen molar-refractivity contribution in [2.45, 2.75) is 180 Å². The summed E-state index contributed by atoms with van der Waals surface area (Å²) in [6, 6.07) is 0. The highest BCUT2D eigenvalue weighted by Crippen LogP contribution is 2.16. The molecule has 1 radical (unpaired) electrons. The van der Waals surface area contributed by atoms with Crippen molar-refractivity contribution < 1.29 is 4.79 Å². The largest absolute Gasteiger partial charge is 0.291 e. The first kappa shape index (κ1) is 29.7. The van der Waals surface area contributed by atoms with Gasteiger partial charge in [0, 0.05) is 6.42 Å². The van der Waals surface area contributed by atoms with Crippen molar-refractivity contribution in [1.82, 2.24) is 0 Å². The van der Waals surface area contributed by atoms with E-state index in [4.69, 9.17) is 0 Å². The van der Waals surface area contributed by atoms with Gasteiger partial charge in [-0.25, -0.2) is 0 Å². The fraction of sp³-hybridized carbons (Fsp3) is 0.966. The van der Waals surface area contributed by atoms with Gasteiger partial charge in [0.2, 0.25) is 0 Å². The number of rotatable bonds is 27. The van der Waals surface area contributed by atoms with Gasteiger partial charge in [-0.05, 0) is 6.42 Å². The third-order valence-corrected chi connectivity index (χ3v) is 6.63. The Bertz CT molecular complexity index is 299. The molecule has 0 aliphatic heterocycles. The number of hydrogen-bond donors (Lipinski definition) is 0. The van der Waals surface area contributed by atoms with Crippen molar-refractivity contribution in [2.75, 3.05) is 0 Å². The van der Waals surface area contributed by atoms with Crippen LogP contribution < -0.4 is 0 Å². The van der Waals surface area contributed by atoms with Crippen LogP contribution in [0.2, 0.25) is 0 Å². The molecular formula is C29H57O. The lowest BCUT2D eigenvalue weighted by Gasteiger charge is -2.04. The molecule has 0 atom stereocenters. The van der Waals surface area contributed by atoms with Crippen LogP contribution in [-0.4, -0.2) is 6.29 Å². The van der Waals surface area contributed by atoms with Crippen molar-refractivity contribution in [3.8, 4) is 0 Å². The Morgan fingerprint density at radius 3 is 0.733 bits per heavy atom. The Balaban J connectivity index is 2.98. The topological polar surface area (TPSA) is 17.1 Å². The van der Waals surface area contributed by atoms with E-state index >= 15 is 0 Å². The molecule has 0 aromatic rings. The van der Waals surface area contributed by atoms with E-state index in [1.54, 1.807) is 0 Å². The maximum Gasteiger partial charge on any atom is 0.198 e. The summed E-state index contributed by atoms with van der Waals surface area (Å²) in [6.45, 7) is 2.30. The molecule has 0 aromatic carbocycles. The van der Waals surface area contributed by atoms with E-state index in [0.717, 1.165) is 6.42 Å². The van der Waals surface area contributed by atoms with Crippen LogP contribution >= 0.6 is 0 Å². The SMILES string of the molecule is CCCCCCCCCCCCCCCCCCCCCCCCCCCC[C]=O. The first-order valence-electron chi connectivity index (χ1n) is 14.3. The summed E-state index contributed by atoms with van der Waals surface area (Å²) in [5, 5.41) is 0. The van der Waals surface area contributed by atoms with E-state index in [2.05, 4.69) is 6.92 Å². The molecule has 179 valence electrons. The van der Waals surface area contributed by atoms with Gasteiger partial charge in [-0.15, -0.1) is 0 Å². The fourth-order valence-electron chi connectivity index (χ4n) is 4.51. The average Bonchev–Trinajstić information content (AvgIpc) is 2.76. The maximum absolute atomic E-state index is 10.1. The summed E-state index contributed by atoms with van der Waals surface area (Å²) in [4.78, 5) is 10.1. The molecule has 0 aliphatic carbocycles. The molecule has 0 bridgehead atoms. The molecule has 0 rings (SSSR count). The van der Waals surface area contributed by atoms with E-state index in [9.17, 15) is 4.79 Å². The lowest BCUT2D eigenvalue weighted by atomic mass is 10.0. The Morgan fingerprint density at radius 2 is 0.533 bits per heavy atom. The van der Waals surface area contributed by atoms with Crippen molar-refractivity contribution in [3.05, 3.63) is 0 Å². The lowest BCUT2D eigenvalue weighted by molar-refractivity contribution is 0.514. The van der Waals surface area contributed by atoms with Gasteiger partial charge in [-0.2, -0.15) is 0 Å². The predicted molar refractivity (Wildman–Crippen MR) is 136 cm³/mol. The number of hydrogen-bond acceptors (Lipinski definition) is 1. The molecule has 0 saturated carbocycles. The summed E-state index contributed by atoms with van der Waals surface area (Å²) < 4.78 is 0. The predicted octanol–water partition coefficient (Wildman–Crippen LogP) is 10.6. The molecule has 0 heterocycles. The van der Waals surface area contributed by atoms with Crippen LogP contribution in [0.4, 0.5) is 0 Å². The monoisotopic (exact) mass is 421 g/mol. The van der Waals surface area contributed by atoms with Gasteiger partial charge in [-0.3, -0.25) is 4.79 Å². The summed E-state index contributed by atoms with van der Waals surface area (Å²) in [6.07, 6.45) is 39.6. The van der Waals surface area contributed by atoms with Gasteiger partial charge in [0.25, 0.3) is 0 Å². The van der Waals surface area contributed by atoms with Gasteiger partial charge in [0.05, 0.1) is 0 Å². The molecular weight excluding hydrogens is 364 g/mol. The second-order valence-corrected chi connectivity index (χ2v) is 9.73. The first-order chi connectivity index (χ1) is 14.9. The first-order valence-corrected chi connectivity index (χ1v) is 14.3. The molecule has 0 aliphatic rings. The fourth-order valence-corrected chi connectivity index (χ4v) is 4.51. The van der Waals surface area contributed by atoms with Gasteiger partial charge in [0.15, 0.2) is 6.29 Å². The molecule has 0 spiro atoms. The van der Waals surface area contributed by atoms with E-state index in [1.165, 1.54) is 161 Å². The molecule has 0 saturated heterocycles. The maximum atomic E-state index is 10.1. The van der Waals surface area contributed by atoms with E-state index in [1.807, 2.05) is 6.29 Å². The van der Waals surface area contributed by atoms with Crippen molar-refractivity contribution in [3.63, 3.8) is 0 Å². The summed E-state index contributed by atoms with van der Waals surface area (Å²) in [5.41, 5.74) is 0. The highest BCUT2D eigenvalue weighted by atomic mass is 16.1. The third kappa shape index (κ3) is 27.7. The molecule has 30 heavy (non-hydrogen) atoms. The second-order valence-electron chi connectivity index (χ2n) is 9.73. The second kappa shape index (κ2) is 28.7. The Morgan fingerprint density at radius 1 is 0.333 bits per heavy atom. The molecule has 1 heteroatoms. The normalized spacial score (nSPS) is 11.2. The minimum Gasteiger partial charge on any atom is -0.291 e. The van der Waals surface area contributed by atoms with Crippen LogP contribution in [0, 0.1) is 0 Å². The van der Waals surface area contributed by atoms with Crippen LogP contribution in [0.15, 0.2) is 0 Å². The summed E-state index contributed by atoms with van der Waals surface area (Å²) >= 11 is 0. The van der Waals surface area contributed by atoms with Crippen LogP contribution in [0.1, 0.15) is 180 Å². The van der Waals surface area contributed by atoms with E-state index < -0.39 is 0 Å². The smallest absolute Gasteiger partial charge is 0.198 e. The number of unbranched alkanes of at least 4 members (excludes halogenated alkanes) is 26. The molecule has 0 N–H and O–H groups in total. The van der Waals surface area contributed by atoms with Crippen molar-refractivity contribution >= 4 is 6.29 Å². The number of carbonyl (C=O) groups excluding carboxylic acids is 1. The highest BCUT2D eigenvalue weighted by molar-refractivity contribution is 5.50. The zero-order valence-corrected chi connectivity index (χ0v) is 21.0. The molecule has 1 nitrogen and oxygen atoms in total. The molecule has 0 amide bonds. The Hall–Kier alpha value is -0.330. The highest BCUT2D eigenvalue weighted by Gasteiger charge is 1.96. The van der Waals surface area contributed by atoms with Crippen molar-refractivity contribution in [2.24, 2.45) is 0 Å². The van der Waals surface area contributed by atoms with E-state index in [-0.39, 0.29) is 0 Å². The minimum absolute atomic E-state index is 0.638. The van der Waals surface area contributed by atoms with E-state index in [0.29, 0.717) is 6.42 Å². The zero-order chi connectivity index (χ0) is 21.8. The van der Waals surface area contributed by atoms with Gasteiger partial charge in [0.1, 0.15) is 0 Å². The average molecular weight is 422 g/mol. The van der Waals surface area contributed by atoms with Crippen LogP contribution in [0.25, 0.3) is 0 Å². The Labute approximate surface area is 191 Å². The van der Waals surface area contributed by atoms with Crippen molar-refractivity contribution in [1.29, 1.82) is 0 Å². The van der Waals surface area contributed by atoms with Crippen LogP contribution in [0.5, 0.6) is 0 Å². The quantitative estimate of drug-likeness (QED) is 0.120. The standard InChI is InChI=1S/C29H57O/c1-2-3-4-5-6-7-8-9-10-11-12-13-14-15-16-17-18-19-20-21-22-23-24-25-26-27-28-29-30/h2-28H2,1H3. The Kier molecular flexibility index (Phi) is 28.4. The molecule has 0 aromatic heterocycles. The van der Waals surface area contributed by atoms with Gasteiger partial charge in [-0.1, -0.05) is 167 Å². The minimum atomic E-state index is 0.638.